The summed E-state index contributed by atoms with van der Waals surface area (Å²) in [7, 11) is 0. The fraction of sp³-hybridized carbons (Fsp3) is 0.346. The lowest BCUT2D eigenvalue weighted by Crippen LogP contribution is -2.32. The Kier molecular flexibility index (Phi) is 7.53. The average molecular weight is 516 g/mol. The number of nitrogens with one attached hydrogen (secondary N) is 3. The number of alkyl halides is 3. The molecule has 4 rings (SSSR count). The van der Waals surface area contributed by atoms with E-state index in [1.165, 1.54) is 18.2 Å². The highest BCUT2D eigenvalue weighted by Gasteiger charge is 2.33. The summed E-state index contributed by atoms with van der Waals surface area (Å²) < 4.78 is 45.9. The molecular formula is C26H28F3N5O3. The van der Waals surface area contributed by atoms with Gasteiger partial charge in [-0.05, 0) is 62.7 Å². The first-order valence-electron chi connectivity index (χ1n) is 11.9. The van der Waals surface area contributed by atoms with E-state index in [-0.39, 0.29) is 17.3 Å². The van der Waals surface area contributed by atoms with Crippen LogP contribution in [0.15, 0.2) is 47.0 Å². The largest absolute Gasteiger partial charge is 0.416 e. The van der Waals surface area contributed by atoms with Crippen LogP contribution < -0.4 is 20.9 Å². The van der Waals surface area contributed by atoms with Gasteiger partial charge in [-0.15, -0.1) is 0 Å². The molecule has 0 radical (unpaired) electrons. The summed E-state index contributed by atoms with van der Waals surface area (Å²) in [6.45, 7) is 7.33. The molecule has 2 aromatic carbocycles. The molecule has 3 N–H and O–H groups in total. The number of amides is 2. The van der Waals surface area contributed by atoms with Gasteiger partial charge in [0.15, 0.2) is 5.69 Å². The van der Waals surface area contributed by atoms with Crippen LogP contribution in [-0.2, 0) is 6.18 Å². The van der Waals surface area contributed by atoms with E-state index >= 15 is 0 Å². The van der Waals surface area contributed by atoms with E-state index in [2.05, 4.69) is 21.1 Å². The summed E-state index contributed by atoms with van der Waals surface area (Å²) >= 11 is 0. The number of aromatic nitrogens is 1. The molecule has 1 atom stereocenters. The monoisotopic (exact) mass is 515 g/mol. The quantitative estimate of drug-likeness (QED) is 0.410. The first-order valence-corrected chi connectivity index (χ1v) is 11.9. The molecule has 0 aliphatic carbocycles. The summed E-state index contributed by atoms with van der Waals surface area (Å²) in [5.74, 6) is -0.704. The smallest absolute Gasteiger partial charge is 0.370 e. The van der Waals surface area contributed by atoms with Gasteiger partial charge >= 0.3 is 6.18 Å². The van der Waals surface area contributed by atoms with Crippen LogP contribution >= 0.6 is 0 Å². The summed E-state index contributed by atoms with van der Waals surface area (Å²) in [5, 5.41) is 12.3. The van der Waals surface area contributed by atoms with Gasteiger partial charge in [-0.25, -0.2) is 0 Å². The maximum Gasteiger partial charge on any atom is 0.416 e. The number of anilines is 3. The summed E-state index contributed by atoms with van der Waals surface area (Å²) in [5.41, 5.74) is 0.899. The molecule has 196 valence electrons. The van der Waals surface area contributed by atoms with Gasteiger partial charge in [0.2, 0.25) is 0 Å². The van der Waals surface area contributed by atoms with Crippen molar-refractivity contribution in [2.24, 2.45) is 0 Å². The average Bonchev–Trinajstić information content (AvgIpc) is 3.50. The van der Waals surface area contributed by atoms with E-state index in [1.54, 1.807) is 26.0 Å². The number of carbonyl (C=O) groups excluding carboxylic acids is 2. The number of benzene rings is 2. The van der Waals surface area contributed by atoms with Crippen LogP contribution in [0.25, 0.3) is 0 Å². The van der Waals surface area contributed by atoms with E-state index in [4.69, 9.17) is 4.52 Å². The van der Waals surface area contributed by atoms with Gasteiger partial charge in [0.05, 0.1) is 5.56 Å². The third kappa shape index (κ3) is 6.29. The maximum absolute atomic E-state index is 13.7. The van der Waals surface area contributed by atoms with Crippen molar-refractivity contribution in [1.82, 2.24) is 10.5 Å². The molecule has 3 aromatic rings. The SMILES string of the molecule is CCNC1CCN(c2cc(C(=O)Nc3ccc(C)c(NC(=O)c4cc(C)on4)c3)cc(C(F)(F)F)c2)C1. The van der Waals surface area contributed by atoms with Crippen molar-refractivity contribution in [3.63, 3.8) is 0 Å². The van der Waals surface area contributed by atoms with E-state index in [9.17, 15) is 22.8 Å². The van der Waals surface area contributed by atoms with Crippen LogP contribution in [0, 0.1) is 13.8 Å². The lowest BCUT2D eigenvalue weighted by molar-refractivity contribution is -0.137. The molecule has 1 aliphatic heterocycles. The third-order valence-electron chi connectivity index (χ3n) is 6.16. The lowest BCUT2D eigenvalue weighted by atomic mass is 10.1. The standard InChI is InChI=1S/C26H28F3N5O3/c1-4-30-20-7-8-34(14-20)21-11-17(10-18(12-21)26(27,28)29)24(35)31-19-6-5-15(2)22(13-19)32-25(36)23-9-16(3)37-33-23/h5-6,9-13,20,30H,4,7-8,14H2,1-3H3,(H,31,35)(H,32,36). The van der Waals surface area contributed by atoms with Crippen molar-refractivity contribution >= 4 is 28.9 Å². The zero-order chi connectivity index (χ0) is 26.7. The minimum atomic E-state index is -4.60. The number of hydrogen-bond donors (Lipinski definition) is 3. The van der Waals surface area contributed by atoms with Gasteiger partial charge in [0.25, 0.3) is 11.8 Å². The number of carbonyl (C=O) groups is 2. The molecule has 2 amide bonds. The Hall–Kier alpha value is -3.86. The third-order valence-corrected chi connectivity index (χ3v) is 6.16. The van der Waals surface area contributed by atoms with Crippen LogP contribution in [0.5, 0.6) is 0 Å². The molecule has 11 heteroatoms. The van der Waals surface area contributed by atoms with Gasteiger partial charge in [-0.3, -0.25) is 9.59 Å². The second-order valence-corrected chi connectivity index (χ2v) is 9.02. The van der Waals surface area contributed by atoms with Crippen molar-refractivity contribution in [2.75, 3.05) is 35.2 Å². The van der Waals surface area contributed by atoms with E-state index in [1.807, 2.05) is 11.8 Å². The predicted molar refractivity (Wildman–Crippen MR) is 134 cm³/mol. The molecule has 1 aromatic heterocycles. The molecule has 1 saturated heterocycles. The number of nitrogens with zero attached hydrogens (tertiary/aromatic N) is 2. The number of likely N-dealkylation sites (N-methyl/N-ethyl adjacent to an activating group) is 1. The second-order valence-electron chi connectivity index (χ2n) is 9.02. The van der Waals surface area contributed by atoms with Gasteiger partial charge in [0, 0.05) is 47.8 Å². The van der Waals surface area contributed by atoms with Crippen molar-refractivity contribution in [3.8, 4) is 0 Å². The predicted octanol–water partition coefficient (Wildman–Crippen LogP) is 5.00. The second kappa shape index (κ2) is 10.6. The number of halogens is 3. The number of hydrogen-bond acceptors (Lipinski definition) is 6. The van der Waals surface area contributed by atoms with Crippen LogP contribution in [0.4, 0.5) is 30.2 Å². The molecule has 1 aliphatic rings. The van der Waals surface area contributed by atoms with Gasteiger partial charge in [0.1, 0.15) is 5.76 Å². The number of rotatable bonds is 7. The normalized spacial score (nSPS) is 15.6. The highest BCUT2D eigenvalue weighted by atomic mass is 19.4. The van der Waals surface area contributed by atoms with Gasteiger partial charge in [-0.2, -0.15) is 13.2 Å². The molecular weight excluding hydrogens is 487 g/mol. The molecule has 2 heterocycles. The number of aryl methyl sites for hydroxylation is 2. The van der Waals surface area contributed by atoms with Crippen molar-refractivity contribution in [2.45, 2.75) is 39.4 Å². The van der Waals surface area contributed by atoms with E-state index in [0.29, 0.717) is 35.9 Å². The zero-order valence-corrected chi connectivity index (χ0v) is 20.7. The minimum absolute atomic E-state index is 0.0983. The van der Waals surface area contributed by atoms with E-state index < -0.39 is 23.6 Å². The van der Waals surface area contributed by atoms with Crippen LogP contribution in [0.2, 0.25) is 0 Å². The Morgan fingerprint density at radius 3 is 2.54 bits per heavy atom. The Morgan fingerprint density at radius 2 is 1.86 bits per heavy atom. The molecule has 37 heavy (non-hydrogen) atoms. The van der Waals surface area contributed by atoms with Crippen molar-refractivity contribution < 1.29 is 27.3 Å². The summed E-state index contributed by atoms with van der Waals surface area (Å²) in [6.07, 6.45) is -3.80. The van der Waals surface area contributed by atoms with Crippen LogP contribution in [0.3, 0.4) is 0 Å². The molecule has 0 saturated carbocycles. The van der Waals surface area contributed by atoms with Gasteiger partial charge < -0.3 is 25.4 Å². The summed E-state index contributed by atoms with van der Waals surface area (Å²) in [4.78, 5) is 27.4. The minimum Gasteiger partial charge on any atom is -0.370 e. The molecule has 0 spiro atoms. The van der Waals surface area contributed by atoms with Crippen molar-refractivity contribution in [3.05, 3.63) is 70.6 Å². The fourth-order valence-corrected chi connectivity index (χ4v) is 4.24. The summed E-state index contributed by atoms with van der Waals surface area (Å²) in [6, 6.07) is 9.90. The van der Waals surface area contributed by atoms with Gasteiger partial charge in [-0.1, -0.05) is 18.1 Å². The Morgan fingerprint density at radius 1 is 1.08 bits per heavy atom. The highest BCUT2D eigenvalue weighted by molar-refractivity contribution is 6.06. The van der Waals surface area contributed by atoms with Crippen LogP contribution in [0.1, 0.15) is 51.1 Å². The maximum atomic E-state index is 13.7. The lowest BCUT2D eigenvalue weighted by Gasteiger charge is -2.21. The molecule has 1 fully saturated rings. The molecule has 0 bridgehead atoms. The zero-order valence-electron chi connectivity index (χ0n) is 20.7. The van der Waals surface area contributed by atoms with Crippen molar-refractivity contribution in [1.29, 1.82) is 0 Å². The topological polar surface area (TPSA) is 99.5 Å². The highest BCUT2D eigenvalue weighted by Crippen LogP contribution is 2.34. The molecule has 1 unspecified atom stereocenters. The Labute approximate surface area is 212 Å². The Bertz CT molecular complexity index is 1300. The fourth-order valence-electron chi connectivity index (χ4n) is 4.24. The van der Waals surface area contributed by atoms with E-state index in [0.717, 1.165) is 30.7 Å². The molecule has 8 nitrogen and oxygen atoms in total. The Balaban J connectivity index is 1.56. The van der Waals surface area contributed by atoms with Crippen LogP contribution in [-0.4, -0.2) is 42.6 Å². The first-order chi connectivity index (χ1) is 17.5. The first kappa shape index (κ1) is 26.2.